The van der Waals surface area contributed by atoms with Crippen molar-refractivity contribution in [3.05, 3.63) is 82.9 Å². The predicted molar refractivity (Wildman–Crippen MR) is 113 cm³/mol. The van der Waals surface area contributed by atoms with Gasteiger partial charge in [0.2, 0.25) is 11.8 Å². The molecule has 2 amide bonds. The molecule has 1 heterocycles. The molecular formula is C22H19F2N3O2S. The zero-order chi connectivity index (χ0) is 21.5. The van der Waals surface area contributed by atoms with Gasteiger partial charge in [0.05, 0.1) is 11.4 Å². The Morgan fingerprint density at radius 2 is 1.87 bits per heavy atom. The molecule has 30 heavy (non-hydrogen) atoms. The number of carbonyl (C=O) groups is 2. The van der Waals surface area contributed by atoms with Gasteiger partial charge in [0.1, 0.15) is 11.6 Å². The Morgan fingerprint density at radius 3 is 2.57 bits per heavy atom. The van der Waals surface area contributed by atoms with Crippen molar-refractivity contribution in [3.63, 3.8) is 0 Å². The molecule has 0 atom stereocenters. The van der Waals surface area contributed by atoms with Crippen molar-refractivity contribution in [1.29, 1.82) is 0 Å². The number of hydrogen-bond acceptors (Lipinski definition) is 4. The van der Waals surface area contributed by atoms with Crippen LogP contribution in [0.2, 0.25) is 0 Å². The molecule has 1 N–H and O–H groups in total. The van der Waals surface area contributed by atoms with Crippen molar-refractivity contribution in [2.45, 2.75) is 13.3 Å². The van der Waals surface area contributed by atoms with E-state index in [0.29, 0.717) is 23.8 Å². The van der Waals surface area contributed by atoms with E-state index < -0.39 is 5.82 Å². The molecular weight excluding hydrogens is 408 g/mol. The molecule has 0 unspecified atom stereocenters. The summed E-state index contributed by atoms with van der Waals surface area (Å²) < 4.78 is 27.0. The van der Waals surface area contributed by atoms with E-state index in [1.54, 1.807) is 29.6 Å². The molecule has 0 bridgehead atoms. The normalized spacial score (nSPS) is 10.9. The minimum atomic E-state index is -0.527. The predicted octanol–water partition coefficient (Wildman–Crippen LogP) is 4.48. The van der Waals surface area contributed by atoms with Gasteiger partial charge in [-0.3, -0.25) is 14.5 Å². The molecule has 1 aromatic heterocycles. The molecule has 0 fully saturated rings. The highest BCUT2D eigenvalue weighted by Crippen LogP contribution is 2.30. The number of rotatable bonds is 7. The number of nitrogens with one attached hydrogen (secondary N) is 1. The minimum absolute atomic E-state index is 0.119. The third-order valence-electron chi connectivity index (χ3n) is 4.14. The number of para-hydroxylation sites is 1. The average Bonchev–Trinajstić information content (AvgIpc) is 3.18. The highest BCUT2D eigenvalue weighted by Gasteiger charge is 2.20. The number of thiazole rings is 1. The van der Waals surface area contributed by atoms with Gasteiger partial charge in [-0.1, -0.05) is 24.3 Å². The Hall–Kier alpha value is -3.39. The van der Waals surface area contributed by atoms with Gasteiger partial charge in [-0.2, -0.15) is 0 Å². The summed E-state index contributed by atoms with van der Waals surface area (Å²) in [6.07, 6.45) is 3.44. The Bertz CT molecular complexity index is 1060. The number of hydrogen-bond donors (Lipinski definition) is 1. The zero-order valence-electron chi connectivity index (χ0n) is 16.1. The van der Waals surface area contributed by atoms with E-state index in [1.807, 2.05) is 0 Å². The highest BCUT2D eigenvalue weighted by atomic mass is 32.1. The van der Waals surface area contributed by atoms with Crippen LogP contribution in [0.15, 0.2) is 60.0 Å². The maximum absolute atomic E-state index is 14.1. The van der Waals surface area contributed by atoms with Crippen LogP contribution in [0.3, 0.4) is 0 Å². The first-order valence-electron chi connectivity index (χ1n) is 9.15. The van der Waals surface area contributed by atoms with Crippen LogP contribution in [0.4, 0.5) is 19.6 Å². The van der Waals surface area contributed by atoms with Gasteiger partial charge in [0.25, 0.3) is 0 Å². The summed E-state index contributed by atoms with van der Waals surface area (Å²) in [7, 11) is 0. The SMILES string of the molecule is CC(=O)N(c1nc(C=CC(=O)NCCc2ccc(F)cc2)cs1)c1ccccc1F. The van der Waals surface area contributed by atoms with Crippen molar-refractivity contribution >= 4 is 40.0 Å². The second kappa shape index (κ2) is 9.89. The number of aromatic nitrogens is 1. The first-order chi connectivity index (χ1) is 14.4. The number of halogens is 2. The summed E-state index contributed by atoms with van der Waals surface area (Å²) in [4.78, 5) is 29.5. The third kappa shape index (κ3) is 5.57. The maximum Gasteiger partial charge on any atom is 0.244 e. The molecule has 0 aliphatic rings. The summed E-state index contributed by atoms with van der Waals surface area (Å²) in [5.41, 5.74) is 1.52. The van der Waals surface area contributed by atoms with Crippen LogP contribution in [0.25, 0.3) is 6.08 Å². The van der Waals surface area contributed by atoms with E-state index in [9.17, 15) is 18.4 Å². The molecule has 0 saturated carbocycles. The van der Waals surface area contributed by atoms with Gasteiger partial charge in [-0.15, -0.1) is 11.3 Å². The molecule has 0 radical (unpaired) electrons. The lowest BCUT2D eigenvalue weighted by atomic mass is 10.1. The maximum atomic E-state index is 14.1. The Kier molecular flexibility index (Phi) is 7.03. The fourth-order valence-corrected chi connectivity index (χ4v) is 3.54. The summed E-state index contributed by atoms with van der Waals surface area (Å²) in [6, 6.07) is 12.1. The van der Waals surface area contributed by atoms with E-state index in [0.717, 1.165) is 5.56 Å². The quantitative estimate of drug-likeness (QED) is 0.566. The first kappa shape index (κ1) is 21.3. The topological polar surface area (TPSA) is 62.3 Å². The van der Waals surface area contributed by atoms with Crippen LogP contribution in [-0.4, -0.2) is 23.3 Å². The van der Waals surface area contributed by atoms with Crippen molar-refractivity contribution in [1.82, 2.24) is 10.3 Å². The van der Waals surface area contributed by atoms with Gasteiger partial charge in [0, 0.05) is 24.9 Å². The highest BCUT2D eigenvalue weighted by molar-refractivity contribution is 7.14. The Labute approximate surface area is 176 Å². The van der Waals surface area contributed by atoms with Crippen molar-refractivity contribution in [2.75, 3.05) is 11.4 Å². The van der Waals surface area contributed by atoms with Crippen LogP contribution in [0.1, 0.15) is 18.2 Å². The third-order valence-corrected chi connectivity index (χ3v) is 4.99. The summed E-state index contributed by atoms with van der Waals surface area (Å²) in [5, 5.41) is 4.72. The monoisotopic (exact) mass is 427 g/mol. The van der Waals surface area contributed by atoms with Crippen LogP contribution in [0, 0.1) is 11.6 Å². The molecule has 3 rings (SSSR count). The number of benzene rings is 2. The number of carbonyl (C=O) groups excluding carboxylic acids is 2. The largest absolute Gasteiger partial charge is 0.352 e. The van der Waals surface area contributed by atoms with E-state index in [-0.39, 0.29) is 23.3 Å². The Balaban J connectivity index is 1.60. The fraction of sp³-hybridized carbons (Fsp3) is 0.136. The van der Waals surface area contributed by atoms with Crippen LogP contribution in [-0.2, 0) is 16.0 Å². The van der Waals surface area contributed by atoms with Crippen LogP contribution < -0.4 is 10.2 Å². The van der Waals surface area contributed by atoms with Gasteiger partial charge in [-0.05, 0) is 42.3 Å². The van der Waals surface area contributed by atoms with Gasteiger partial charge < -0.3 is 5.32 Å². The lowest BCUT2D eigenvalue weighted by Gasteiger charge is -2.18. The second-order valence-corrected chi connectivity index (χ2v) is 7.20. The van der Waals surface area contributed by atoms with Crippen LogP contribution >= 0.6 is 11.3 Å². The zero-order valence-corrected chi connectivity index (χ0v) is 17.0. The lowest BCUT2D eigenvalue weighted by Crippen LogP contribution is -2.23. The molecule has 5 nitrogen and oxygen atoms in total. The minimum Gasteiger partial charge on any atom is -0.352 e. The molecule has 2 aromatic carbocycles. The fourth-order valence-electron chi connectivity index (χ4n) is 2.70. The molecule has 154 valence electrons. The van der Waals surface area contributed by atoms with Crippen molar-refractivity contribution in [3.8, 4) is 0 Å². The smallest absolute Gasteiger partial charge is 0.244 e. The van der Waals surface area contributed by atoms with Crippen molar-refractivity contribution in [2.24, 2.45) is 0 Å². The van der Waals surface area contributed by atoms with Gasteiger partial charge in [-0.25, -0.2) is 13.8 Å². The Morgan fingerprint density at radius 1 is 1.13 bits per heavy atom. The lowest BCUT2D eigenvalue weighted by molar-refractivity contribution is -0.117. The summed E-state index contributed by atoms with van der Waals surface area (Å²) in [5.74, 6) is -1.50. The summed E-state index contributed by atoms with van der Waals surface area (Å²) in [6.45, 7) is 1.74. The summed E-state index contributed by atoms with van der Waals surface area (Å²) >= 11 is 1.17. The van der Waals surface area contributed by atoms with E-state index in [1.165, 1.54) is 59.6 Å². The average molecular weight is 427 g/mol. The number of amides is 2. The number of anilines is 2. The molecule has 0 aliphatic heterocycles. The van der Waals surface area contributed by atoms with E-state index in [2.05, 4.69) is 10.3 Å². The standard InChI is InChI=1S/C22H19F2N3O2S/c1-15(28)27(20-5-3-2-4-19(20)24)22-26-18(14-30-22)10-11-21(29)25-13-12-16-6-8-17(23)9-7-16/h2-11,14H,12-13H2,1H3,(H,25,29). The molecule has 0 spiro atoms. The first-order valence-corrected chi connectivity index (χ1v) is 10.0. The van der Waals surface area contributed by atoms with E-state index >= 15 is 0 Å². The molecule has 0 aliphatic carbocycles. The molecule has 8 heteroatoms. The molecule has 0 saturated heterocycles. The van der Waals surface area contributed by atoms with Gasteiger partial charge >= 0.3 is 0 Å². The second-order valence-electron chi connectivity index (χ2n) is 6.36. The van der Waals surface area contributed by atoms with Gasteiger partial charge in [0.15, 0.2) is 5.13 Å². The number of nitrogens with zero attached hydrogens (tertiary/aromatic N) is 2. The van der Waals surface area contributed by atoms with Crippen molar-refractivity contribution < 1.29 is 18.4 Å². The van der Waals surface area contributed by atoms with E-state index in [4.69, 9.17) is 0 Å². The van der Waals surface area contributed by atoms with Crippen LogP contribution in [0.5, 0.6) is 0 Å². The molecule has 3 aromatic rings.